The Balaban J connectivity index is 1.33. The van der Waals surface area contributed by atoms with E-state index in [1.54, 1.807) is 12.1 Å². The summed E-state index contributed by atoms with van der Waals surface area (Å²) in [6.07, 6.45) is 2.79. The number of nitrogens with zero attached hydrogens (tertiary/aromatic N) is 2. The molecule has 0 unspecified atom stereocenters. The third-order valence-electron chi connectivity index (χ3n) is 4.21. The molecule has 4 rings (SSSR count). The highest BCUT2D eigenvalue weighted by Crippen LogP contribution is 2.25. The fourth-order valence-corrected chi connectivity index (χ4v) is 3.08. The van der Waals surface area contributed by atoms with Crippen LogP contribution in [0.3, 0.4) is 0 Å². The second-order valence-corrected chi connectivity index (χ2v) is 6.42. The summed E-state index contributed by atoms with van der Waals surface area (Å²) < 4.78 is 10.4. The fraction of sp³-hybridized carbons (Fsp3) is 0.150. The summed E-state index contributed by atoms with van der Waals surface area (Å²) in [4.78, 5) is 19.5. The minimum absolute atomic E-state index is 0.0653. The number of H-pyrrole nitrogens is 1. The molecule has 0 amide bonds. The Morgan fingerprint density at radius 1 is 1.15 bits per heavy atom. The molecule has 27 heavy (non-hydrogen) atoms. The van der Waals surface area contributed by atoms with E-state index < -0.39 is 0 Å². The van der Waals surface area contributed by atoms with Gasteiger partial charge in [0.05, 0.1) is 5.02 Å². The van der Waals surface area contributed by atoms with Gasteiger partial charge in [0.25, 0.3) is 5.89 Å². The number of para-hydroxylation sites is 1. The second-order valence-electron chi connectivity index (χ2n) is 6.01. The lowest BCUT2D eigenvalue weighted by atomic mass is 10.1. The van der Waals surface area contributed by atoms with Gasteiger partial charge < -0.3 is 14.2 Å². The van der Waals surface area contributed by atoms with Crippen molar-refractivity contribution in [3.63, 3.8) is 0 Å². The third kappa shape index (κ3) is 3.85. The second kappa shape index (κ2) is 7.63. The predicted octanol–water partition coefficient (Wildman–Crippen LogP) is 4.55. The molecule has 2 aromatic heterocycles. The fourth-order valence-electron chi connectivity index (χ4n) is 2.86. The van der Waals surface area contributed by atoms with Crippen molar-refractivity contribution in [1.29, 1.82) is 0 Å². The topological polar surface area (TPSA) is 81.0 Å². The minimum Gasteiger partial charge on any atom is -0.456 e. The Bertz CT molecular complexity index is 1090. The highest BCUT2D eigenvalue weighted by molar-refractivity contribution is 6.33. The lowest BCUT2D eigenvalue weighted by Crippen LogP contribution is -2.06. The monoisotopic (exact) mass is 381 g/mol. The first kappa shape index (κ1) is 17.3. The molecule has 7 heteroatoms. The van der Waals surface area contributed by atoms with Crippen molar-refractivity contribution in [2.75, 3.05) is 0 Å². The Kier molecular flexibility index (Phi) is 4.89. The number of esters is 1. The molecule has 4 aromatic rings. The SMILES string of the molecule is O=C(CCc1c[nH]c2ccccc12)OCc1nc(-c2ccccc2Cl)no1. The van der Waals surface area contributed by atoms with E-state index in [-0.39, 0.29) is 24.9 Å². The van der Waals surface area contributed by atoms with E-state index in [1.165, 1.54) is 0 Å². The molecule has 0 atom stereocenters. The van der Waals surface area contributed by atoms with Crippen molar-refractivity contribution < 1.29 is 14.1 Å². The zero-order valence-electron chi connectivity index (χ0n) is 14.3. The number of benzene rings is 2. The number of aromatic nitrogens is 3. The minimum atomic E-state index is -0.322. The lowest BCUT2D eigenvalue weighted by molar-refractivity contribution is -0.145. The molecule has 136 valence electrons. The van der Waals surface area contributed by atoms with Crippen LogP contribution in [0.5, 0.6) is 0 Å². The third-order valence-corrected chi connectivity index (χ3v) is 4.54. The summed E-state index contributed by atoms with van der Waals surface area (Å²) >= 11 is 6.12. The number of carbonyl (C=O) groups excluding carboxylic acids is 1. The van der Waals surface area contributed by atoms with Gasteiger partial charge in [0, 0.05) is 29.1 Å². The van der Waals surface area contributed by atoms with Gasteiger partial charge in [0.1, 0.15) is 0 Å². The number of rotatable bonds is 6. The molecule has 0 aliphatic rings. The molecule has 0 spiro atoms. The van der Waals surface area contributed by atoms with Crippen molar-refractivity contribution in [1.82, 2.24) is 15.1 Å². The van der Waals surface area contributed by atoms with Crippen LogP contribution in [0, 0.1) is 0 Å². The van der Waals surface area contributed by atoms with E-state index in [0.29, 0.717) is 22.8 Å². The van der Waals surface area contributed by atoms with E-state index in [2.05, 4.69) is 15.1 Å². The maximum absolute atomic E-state index is 12.0. The molecule has 0 saturated heterocycles. The van der Waals surface area contributed by atoms with E-state index >= 15 is 0 Å². The van der Waals surface area contributed by atoms with E-state index in [9.17, 15) is 4.79 Å². The molecular weight excluding hydrogens is 366 g/mol. The van der Waals surface area contributed by atoms with Gasteiger partial charge in [0.15, 0.2) is 6.61 Å². The molecule has 0 saturated carbocycles. The van der Waals surface area contributed by atoms with Crippen LogP contribution in [0.25, 0.3) is 22.3 Å². The van der Waals surface area contributed by atoms with Crippen LogP contribution in [-0.4, -0.2) is 21.1 Å². The summed E-state index contributed by atoms with van der Waals surface area (Å²) in [7, 11) is 0. The first-order chi connectivity index (χ1) is 13.2. The number of carbonyl (C=O) groups is 1. The Morgan fingerprint density at radius 3 is 2.85 bits per heavy atom. The van der Waals surface area contributed by atoms with Gasteiger partial charge in [-0.25, -0.2) is 0 Å². The number of aryl methyl sites for hydroxylation is 1. The first-order valence-corrected chi connectivity index (χ1v) is 8.86. The summed E-state index contributed by atoms with van der Waals surface area (Å²) in [6, 6.07) is 15.2. The normalized spacial score (nSPS) is 11.0. The van der Waals surface area contributed by atoms with Gasteiger partial charge in [-0.1, -0.05) is 47.1 Å². The molecule has 2 aromatic carbocycles. The number of halogens is 1. The van der Waals surface area contributed by atoms with Gasteiger partial charge in [-0.2, -0.15) is 4.98 Å². The predicted molar refractivity (Wildman–Crippen MR) is 101 cm³/mol. The zero-order chi connectivity index (χ0) is 18.6. The standard InChI is InChI=1S/C20H16ClN3O3/c21-16-7-3-1-6-15(16)20-23-18(27-24-20)12-26-19(25)10-9-13-11-22-17-8-4-2-5-14(13)17/h1-8,11,22H,9-10,12H2. The number of fused-ring (bicyclic) bond motifs is 1. The van der Waals surface area contributed by atoms with Gasteiger partial charge >= 0.3 is 5.97 Å². The van der Waals surface area contributed by atoms with Crippen LogP contribution >= 0.6 is 11.6 Å². The van der Waals surface area contributed by atoms with E-state index in [0.717, 1.165) is 16.5 Å². The first-order valence-electron chi connectivity index (χ1n) is 8.49. The number of nitrogens with one attached hydrogen (secondary N) is 1. The smallest absolute Gasteiger partial charge is 0.306 e. The highest BCUT2D eigenvalue weighted by atomic mass is 35.5. The molecule has 1 N–H and O–H groups in total. The maximum atomic E-state index is 12.0. The van der Waals surface area contributed by atoms with Gasteiger partial charge in [0.2, 0.25) is 5.82 Å². The van der Waals surface area contributed by atoms with E-state index in [4.69, 9.17) is 20.9 Å². The summed E-state index contributed by atoms with van der Waals surface area (Å²) in [5, 5.41) is 5.53. The Labute approximate surface area is 160 Å². The van der Waals surface area contributed by atoms with Crippen molar-refractivity contribution in [3.05, 3.63) is 71.2 Å². The van der Waals surface area contributed by atoms with Crippen molar-refractivity contribution in [2.45, 2.75) is 19.4 Å². The summed E-state index contributed by atoms with van der Waals surface area (Å²) in [5.41, 5.74) is 2.81. The highest BCUT2D eigenvalue weighted by Gasteiger charge is 2.13. The van der Waals surface area contributed by atoms with Gasteiger partial charge in [-0.3, -0.25) is 4.79 Å². The lowest BCUT2D eigenvalue weighted by Gasteiger charge is -2.01. The molecule has 0 aliphatic heterocycles. The van der Waals surface area contributed by atoms with Crippen LogP contribution in [0.2, 0.25) is 5.02 Å². The quantitative estimate of drug-likeness (QED) is 0.495. The van der Waals surface area contributed by atoms with Gasteiger partial charge in [-0.05, 0) is 30.2 Å². The van der Waals surface area contributed by atoms with Crippen LogP contribution in [0.4, 0.5) is 0 Å². The Hall–Kier alpha value is -3.12. The molecule has 0 fully saturated rings. The maximum Gasteiger partial charge on any atom is 0.306 e. The number of ether oxygens (including phenoxy) is 1. The average molecular weight is 382 g/mol. The number of hydrogen-bond acceptors (Lipinski definition) is 5. The van der Waals surface area contributed by atoms with Crippen molar-refractivity contribution in [3.8, 4) is 11.4 Å². The number of aromatic amines is 1. The zero-order valence-corrected chi connectivity index (χ0v) is 15.1. The molecular formula is C20H16ClN3O3. The van der Waals surface area contributed by atoms with Crippen LogP contribution in [-0.2, 0) is 22.6 Å². The summed E-state index contributed by atoms with van der Waals surface area (Å²) in [6.45, 7) is -0.0653. The summed E-state index contributed by atoms with van der Waals surface area (Å²) in [5.74, 6) is 0.272. The Morgan fingerprint density at radius 2 is 1.96 bits per heavy atom. The largest absolute Gasteiger partial charge is 0.456 e. The molecule has 6 nitrogen and oxygen atoms in total. The molecule has 2 heterocycles. The number of hydrogen-bond donors (Lipinski definition) is 1. The molecule has 0 aliphatic carbocycles. The molecule has 0 radical (unpaired) electrons. The van der Waals surface area contributed by atoms with Gasteiger partial charge in [-0.15, -0.1) is 0 Å². The molecule has 0 bridgehead atoms. The average Bonchev–Trinajstić information content (AvgIpc) is 3.32. The van der Waals surface area contributed by atoms with Crippen molar-refractivity contribution in [2.24, 2.45) is 0 Å². The van der Waals surface area contributed by atoms with Crippen LogP contribution < -0.4 is 0 Å². The van der Waals surface area contributed by atoms with Crippen LogP contribution in [0.1, 0.15) is 17.9 Å². The van der Waals surface area contributed by atoms with Crippen LogP contribution in [0.15, 0.2) is 59.3 Å². The van der Waals surface area contributed by atoms with Crippen molar-refractivity contribution >= 4 is 28.5 Å². The van der Waals surface area contributed by atoms with E-state index in [1.807, 2.05) is 42.6 Å².